The molecule has 0 spiro atoms. The molecule has 0 radical (unpaired) electrons. The number of carbonyl (C=O) groups is 1. The van der Waals surface area contributed by atoms with Gasteiger partial charge in [0.2, 0.25) is 5.91 Å². The molecule has 0 aliphatic carbocycles. The second-order valence-electron chi connectivity index (χ2n) is 6.42. The van der Waals surface area contributed by atoms with Gasteiger partial charge in [0.15, 0.2) is 0 Å². The Morgan fingerprint density at radius 3 is 2.61 bits per heavy atom. The zero-order valence-electron chi connectivity index (χ0n) is 14.3. The molecule has 1 aliphatic heterocycles. The van der Waals surface area contributed by atoms with E-state index in [1.165, 1.54) is 4.90 Å². The molecule has 1 amide bonds. The van der Waals surface area contributed by atoms with E-state index in [2.05, 4.69) is 41.2 Å². The summed E-state index contributed by atoms with van der Waals surface area (Å²) in [4.78, 5) is 18.0. The van der Waals surface area contributed by atoms with Crippen molar-refractivity contribution in [2.24, 2.45) is 5.92 Å². The highest BCUT2D eigenvalue weighted by Crippen LogP contribution is 2.17. The average Bonchev–Trinajstić information content (AvgIpc) is 2.56. The lowest BCUT2D eigenvalue weighted by molar-refractivity contribution is -0.120. The lowest BCUT2D eigenvalue weighted by atomic mass is 10.1. The van der Waals surface area contributed by atoms with Gasteiger partial charge in [-0.3, -0.25) is 4.79 Å². The molecule has 0 bridgehead atoms. The molecule has 1 fully saturated rings. The smallest absolute Gasteiger partial charge is 0.220 e. The van der Waals surface area contributed by atoms with Crippen molar-refractivity contribution in [3.05, 3.63) is 30.3 Å². The Kier molecular flexibility index (Phi) is 7.92. The predicted molar refractivity (Wildman–Crippen MR) is 97.9 cm³/mol. The predicted octanol–water partition coefficient (Wildman–Crippen LogP) is 2.17. The molecule has 4 nitrogen and oxygen atoms in total. The molecule has 1 saturated heterocycles. The molecule has 1 aromatic carbocycles. The van der Waals surface area contributed by atoms with E-state index in [1.807, 2.05) is 18.2 Å². The fourth-order valence-electron chi connectivity index (χ4n) is 2.69. The van der Waals surface area contributed by atoms with Gasteiger partial charge in [-0.05, 0) is 25.1 Å². The van der Waals surface area contributed by atoms with Crippen LogP contribution >= 0.6 is 11.8 Å². The Bertz CT molecular complexity index is 461. The van der Waals surface area contributed by atoms with E-state index in [0.29, 0.717) is 12.3 Å². The molecule has 5 heteroatoms. The topological polar surface area (TPSA) is 35.6 Å². The van der Waals surface area contributed by atoms with Crippen LogP contribution in [-0.2, 0) is 4.79 Å². The molecular weight excluding hydrogens is 306 g/mol. The second kappa shape index (κ2) is 9.96. The minimum Gasteiger partial charge on any atom is -0.356 e. The first-order chi connectivity index (χ1) is 11.1. The summed E-state index contributed by atoms with van der Waals surface area (Å²) in [5, 5.41) is 3.08. The van der Waals surface area contributed by atoms with Crippen molar-refractivity contribution in [2.45, 2.75) is 18.2 Å². The van der Waals surface area contributed by atoms with Crippen LogP contribution in [0.4, 0.5) is 0 Å². The van der Waals surface area contributed by atoms with Crippen molar-refractivity contribution < 1.29 is 4.79 Å². The number of likely N-dealkylation sites (N-methyl/N-ethyl adjacent to an activating group) is 1. The van der Waals surface area contributed by atoms with Gasteiger partial charge in [0, 0.05) is 56.3 Å². The summed E-state index contributed by atoms with van der Waals surface area (Å²) in [5.41, 5.74) is 0. The van der Waals surface area contributed by atoms with Gasteiger partial charge in [-0.15, -0.1) is 11.8 Å². The molecule has 1 N–H and O–H groups in total. The van der Waals surface area contributed by atoms with E-state index in [-0.39, 0.29) is 5.91 Å². The van der Waals surface area contributed by atoms with Crippen molar-refractivity contribution in [1.29, 1.82) is 0 Å². The number of amides is 1. The van der Waals surface area contributed by atoms with Crippen molar-refractivity contribution in [3.8, 4) is 0 Å². The van der Waals surface area contributed by atoms with Gasteiger partial charge in [0.05, 0.1) is 0 Å². The molecule has 1 atom stereocenters. The van der Waals surface area contributed by atoms with Gasteiger partial charge in [0.1, 0.15) is 0 Å². The SMILES string of the molecule is CC(CNC(=O)CCSc1ccccc1)CN1CCN(C)CC1. The maximum absolute atomic E-state index is 11.9. The number of thioether (sulfide) groups is 1. The van der Waals surface area contributed by atoms with E-state index in [0.717, 1.165) is 45.0 Å². The van der Waals surface area contributed by atoms with Gasteiger partial charge >= 0.3 is 0 Å². The lowest BCUT2D eigenvalue weighted by Gasteiger charge is -2.33. The summed E-state index contributed by atoms with van der Waals surface area (Å²) < 4.78 is 0. The third-order valence-electron chi connectivity index (χ3n) is 4.15. The molecule has 1 aromatic rings. The monoisotopic (exact) mass is 335 g/mol. The van der Waals surface area contributed by atoms with E-state index < -0.39 is 0 Å². The lowest BCUT2D eigenvalue weighted by Crippen LogP contribution is -2.46. The fourth-order valence-corrected chi connectivity index (χ4v) is 3.56. The van der Waals surface area contributed by atoms with Crippen LogP contribution in [0.1, 0.15) is 13.3 Å². The second-order valence-corrected chi connectivity index (χ2v) is 7.59. The Balaban J connectivity index is 1.55. The normalized spacial score (nSPS) is 17.8. The van der Waals surface area contributed by atoms with Crippen molar-refractivity contribution in [1.82, 2.24) is 15.1 Å². The average molecular weight is 336 g/mol. The van der Waals surface area contributed by atoms with Crippen LogP contribution < -0.4 is 5.32 Å². The highest BCUT2D eigenvalue weighted by molar-refractivity contribution is 7.99. The Morgan fingerprint density at radius 1 is 1.22 bits per heavy atom. The molecule has 1 unspecified atom stereocenters. The summed E-state index contributed by atoms with van der Waals surface area (Å²) in [5.74, 6) is 1.51. The molecular formula is C18H29N3OS. The molecule has 0 aromatic heterocycles. The number of benzene rings is 1. The Labute approximate surface area is 144 Å². The highest BCUT2D eigenvalue weighted by atomic mass is 32.2. The molecule has 1 heterocycles. The summed E-state index contributed by atoms with van der Waals surface area (Å²) in [7, 11) is 2.18. The van der Waals surface area contributed by atoms with Crippen LogP contribution in [0.5, 0.6) is 0 Å². The zero-order valence-corrected chi connectivity index (χ0v) is 15.1. The van der Waals surface area contributed by atoms with Crippen LogP contribution in [-0.4, -0.2) is 67.8 Å². The minimum absolute atomic E-state index is 0.165. The van der Waals surface area contributed by atoms with Crippen LogP contribution in [0.15, 0.2) is 35.2 Å². The molecule has 0 saturated carbocycles. The Morgan fingerprint density at radius 2 is 1.91 bits per heavy atom. The van der Waals surface area contributed by atoms with Crippen molar-refractivity contribution >= 4 is 17.7 Å². The maximum atomic E-state index is 11.9. The van der Waals surface area contributed by atoms with Crippen LogP contribution in [0.3, 0.4) is 0 Å². The van der Waals surface area contributed by atoms with Crippen LogP contribution in [0.25, 0.3) is 0 Å². The number of piperazine rings is 1. The van der Waals surface area contributed by atoms with Gasteiger partial charge in [0.25, 0.3) is 0 Å². The number of rotatable bonds is 8. The van der Waals surface area contributed by atoms with Gasteiger partial charge in [-0.2, -0.15) is 0 Å². The molecule has 1 aliphatic rings. The summed E-state index contributed by atoms with van der Waals surface area (Å²) in [6, 6.07) is 10.2. The number of hydrogen-bond acceptors (Lipinski definition) is 4. The van der Waals surface area contributed by atoms with Crippen molar-refractivity contribution in [2.75, 3.05) is 52.1 Å². The summed E-state index contributed by atoms with van der Waals surface area (Å²) >= 11 is 1.74. The number of carbonyl (C=O) groups excluding carboxylic acids is 1. The largest absolute Gasteiger partial charge is 0.356 e. The van der Waals surface area contributed by atoms with Gasteiger partial charge in [-0.1, -0.05) is 25.1 Å². The van der Waals surface area contributed by atoms with Crippen molar-refractivity contribution in [3.63, 3.8) is 0 Å². The van der Waals surface area contributed by atoms with E-state index in [4.69, 9.17) is 0 Å². The first kappa shape index (κ1) is 18.3. The molecule has 128 valence electrons. The third kappa shape index (κ3) is 7.38. The molecule has 23 heavy (non-hydrogen) atoms. The first-order valence-electron chi connectivity index (χ1n) is 8.49. The first-order valence-corrected chi connectivity index (χ1v) is 9.47. The number of nitrogens with zero attached hydrogens (tertiary/aromatic N) is 2. The number of nitrogens with one attached hydrogen (secondary N) is 1. The standard InChI is InChI=1S/C18H29N3OS/c1-16(15-21-11-9-20(2)10-12-21)14-19-18(22)8-13-23-17-6-4-3-5-7-17/h3-7,16H,8-15H2,1-2H3,(H,19,22). The highest BCUT2D eigenvalue weighted by Gasteiger charge is 2.16. The molecule has 2 rings (SSSR count). The van der Waals surface area contributed by atoms with Gasteiger partial charge in [-0.25, -0.2) is 0 Å². The third-order valence-corrected chi connectivity index (χ3v) is 5.17. The zero-order chi connectivity index (χ0) is 16.5. The van der Waals surface area contributed by atoms with E-state index in [9.17, 15) is 4.79 Å². The van der Waals surface area contributed by atoms with Crippen LogP contribution in [0.2, 0.25) is 0 Å². The quantitative estimate of drug-likeness (QED) is 0.739. The van der Waals surface area contributed by atoms with Crippen LogP contribution in [0, 0.1) is 5.92 Å². The fraction of sp³-hybridized carbons (Fsp3) is 0.611. The van der Waals surface area contributed by atoms with E-state index in [1.54, 1.807) is 11.8 Å². The minimum atomic E-state index is 0.165. The summed E-state index contributed by atoms with van der Waals surface area (Å²) in [6.07, 6.45) is 0.584. The van der Waals surface area contributed by atoms with E-state index >= 15 is 0 Å². The Hall–Kier alpha value is -1.04. The van der Waals surface area contributed by atoms with Gasteiger partial charge < -0.3 is 15.1 Å². The number of hydrogen-bond donors (Lipinski definition) is 1. The maximum Gasteiger partial charge on any atom is 0.220 e. The summed E-state index contributed by atoms with van der Waals surface area (Å²) in [6.45, 7) is 8.65.